The Bertz CT molecular complexity index is 1210. The van der Waals surface area contributed by atoms with Crippen molar-refractivity contribution in [3.05, 3.63) is 81.7 Å². The number of anilines is 1. The third kappa shape index (κ3) is 5.39. The second-order valence-electron chi connectivity index (χ2n) is 7.39. The minimum Gasteiger partial charge on any atom is -0.489 e. The monoisotopic (exact) mass is 420 g/mol. The van der Waals surface area contributed by atoms with Gasteiger partial charge in [0.1, 0.15) is 17.9 Å². The summed E-state index contributed by atoms with van der Waals surface area (Å²) in [7, 11) is 0. The SMILES string of the molecule is C=C(C)COc1ccc2c(C)c(CCC(=O)Nc3ccc(C(N)=O)cc3)c(=O)oc2c1. The number of aryl methyl sites for hydroxylation is 1. The maximum absolute atomic E-state index is 12.5. The van der Waals surface area contributed by atoms with Crippen LogP contribution in [0.3, 0.4) is 0 Å². The predicted molar refractivity (Wildman–Crippen MR) is 119 cm³/mol. The molecule has 0 unspecified atom stereocenters. The van der Waals surface area contributed by atoms with Gasteiger partial charge in [-0.2, -0.15) is 0 Å². The molecule has 2 amide bonds. The van der Waals surface area contributed by atoms with Crippen LogP contribution in [0.4, 0.5) is 5.69 Å². The molecular weight excluding hydrogens is 396 g/mol. The van der Waals surface area contributed by atoms with Gasteiger partial charge in [0, 0.05) is 34.7 Å². The number of fused-ring (bicyclic) bond motifs is 1. The van der Waals surface area contributed by atoms with Gasteiger partial charge in [-0.15, -0.1) is 0 Å². The number of carbonyl (C=O) groups excluding carboxylic acids is 2. The molecule has 7 nitrogen and oxygen atoms in total. The molecule has 0 saturated carbocycles. The standard InChI is InChI=1S/C24H24N2O5/c1-14(2)13-30-18-8-9-19-15(3)20(24(29)31-21(19)12-18)10-11-22(27)26-17-6-4-16(5-7-17)23(25)28/h4-9,12H,1,10-11,13H2,2-3H3,(H2,25,28)(H,26,27). The van der Waals surface area contributed by atoms with Crippen LogP contribution in [-0.2, 0) is 11.2 Å². The summed E-state index contributed by atoms with van der Waals surface area (Å²) in [4.78, 5) is 35.9. The van der Waals surface area contributed by atoms with Gasteiger partial charge in [-0.05, 0) is 67.8 Å². The van der Waals surface area contributed by atoms with E-state index in [2.05, 4.69) is 11.9 Å². The molecule has 0 aliphatic rings. The number of hydrogen-bond donors (Lipinski definition) is 2. The van der Waals surface area contributed by atoms with E-state index in [0.29, 0.717) is 34.8 Å². The highest BCUT2D eigenvalue weighted by Gasteiger charge is 2.14. The molecule has 31 heavy (non-hydrogen) atoms. The Kier molecular flexibility index (Phi) is 6.55. The van der Waals surface area contributed by atoms with Crippen molar-refractivity contribution in [1.29, 1.82) is 0 Å². The summed E-state index contributed by atoms with van der Waals surface area (Å²) >= 11 is 0. The quantitative estimate of drug-likeness (QED) is 0.426. The first-order valence-electron chi connectivity index (χ1n) is 9.78. The van der Waals surface area contributed by atoms with E-state index in [1.54, 1.807) is 18.2 Å². The summed E-state index contributed by atoms with van der Waals surface area (Å²) in [6.45, 7) is 7.88. The maximum Gasteiger partial charge on any atom is 0.339 e. The molecular formula is C24H24N2O5. The smallest absolute Gasteiger partial charge is 0.339 e. The Morgan fingerprint density at radius 3 is 2.52 bits per heavy atom. The van der Waals surface area contributed by atoms with Crippen molar-refractivity contribution in [2.75, 3.05) is 11.9 Å². The van der Waals surface area contributed by atoms with Crippen molar-refractivity contribution in [3.8, 4) is 5.75 Å². The van der Waals surface area contributed by atoms with Crippen LogP contribution < -0.4 is 21.4 Å². The Hall–Kier alpha value is -3.87. The first-order chi connectivity index (χ1) is 14.7. The molecule has 0 spiro atoms. The number of amides is 2. The lowest BCUT2D eigenvalue weighted by molar-refractivity contribution is -0.116. The lowest BCUT2D eigenvalue weighted by Gasteiger charge is -2.10. The normalized spacial score (nSPS) is 10.6. The minimum atomic E-state index is -0.536. The first-order valence-corrected chi connectivity index (χ1v) is 9.78. The zero-order valence-corrected chi connectivity index (χ0v) is 17.5. The zero-order valence-electron chi connectivity index (χ0n) is 17.5. The molecule has 1 heterocycles. The van der Waals surface area contributed by atoms with Gasteiger partial charge in [-0.3, -0.25) is 9.59 Å². The van der Waals surface area contributed by atoms with Gasteiger partial charge in [-0.25, -0.2) is 4.79 Å². The second kappa shape index (κ2) is 9.30. The molecule has 0 atom stereocenters. The van der Waals surface area contributed by atoms with Crippen LogP contribution in [-0.4, -0.2) is 18.4 Å². The summed E-state index contributed by atoms with van der Waals surface area (Å²) < 4.78 is 11.1. The average Bonchev–Trinajstić information content (AvgIpc) is 2.72. The van der Waals surface area contributed by atoms with E-state index in [4.69, 9.17) is 14.9 Å². The molecule has 0 radical (unpaired) electrons. The van der Waals surface area contributed by atoms with Crippen LogP contribution >= 0.6 is 0 Å². The highest BCUT2D eigenvalue weighted by Crippen LogP contribution is 2.25. The van der Waals surface area contributed by atoms with E-state index in [0.717, 1.165) is 16.5 Å². The largest absolute Gasteiger partial charge is 0.489 e. The average molecular weight is 420 g/mol. The van der Waals surface area contributed by atoms with Gasteiger partial charge in [0.2, 0.25) is 11.8 Å². The van der Waals surface area contributed by atoms with Crippen molar-refractivity contribution in [2.24, 2.45) is 5.73 Å². The number of benzene rings is 2. The van der Waals surface area contributed by atoms with E-state index >= 15 is 0 Å². The van der Waals surface area contributed by atoms with Gasteiger partial charge in [0.15, 0.2) is 0 Å². The number of ether oxygens (including phenoxy) is 1. The van der Waals surface area contributed by atoms with Gasteiger partial charge in [-0.1, -0.05) is 6.58 Å². The van der Waals surface area contributed by atoms with Gasteiger partial charge in [0.25, 0.3) is 0 Å². The second-order valence-corrected chi connectivity index (χ2v) is 7.39. The summed E-state index contributed by atoms with van der Waals surface area (Å²) in [6.07, 6.45) is 0.345. The molecule has 3 aromatic rings. The van der Waals surface area contributed by atoms with Gasteiger partial charge >= 0.3 is 5.63 Å². The van der Waals surface area contributed by atoms with Crippen LogP contribution in [0.15, 0.2) is 63.8 Å². The molecule has 0 bridgehead atoms. The first kappa shape index (κ1) is 21.8. The summed E-state index contributed by atoms with van der Waals surface area (Å²) in [5.74, 6) is -0.201. The summed E-state index contributed by atoms with van der Waals surface area (Å²) in [5.41, 5.74) is 8.19. The highest BCUT2D eigenvalue weighted by molar-refractivity contribution is 5.94. The van der Waals surface area contributed by atoms with Crippen LogP contribution in [0, 0.1) is 6.92 Å². The number of nitrogens with two attached hydrogens (primary N) is 1. The van der Waals surface area contributed by atoms with E-state index in [1.807, 2.05) is 26.0 Å². The number of primary amides is 1. The topological polar surface area (TPSA) is 112 Å². The zero-order chi connectivity index (χ0) is 22.5. The number of rotatable bonds is 8. The highest BCUT2D eigenvalue weighted by atomic mass is 16.5. The van der Waals surface area contributed by atoms with Crippen LogP contribution in [0.25, 0.3) is 11.0 Å². The molecule has 7 heteroatoms. The van der Waals surface area contributed by atoms with Crippen LogP contribution in [0.2, 0.25) is 0 Å². The lowest BCUT2D eigenvalue weighted by Crippen LogP contribution is -2.17. The van der Waals surface area contributed by atoms with E-state index in [1.165, 1.54) is 12.1 Å². The minimum absolute atomic E-state index is 0.106. The molecule has 1 aromatic heterocycles. The van der Waals surface area contributed by atoms with Crippen molar-refractivity contribution in [1.82, 2.24) is 0 Å². The third-order valence-electron chi connectivity index (χ3n) is 4.80. The number of nitrogens with one attached hydrogen (secondary N) is 1. The van der Waals surface area contributed by atoms with Crippen molar-refractivity contribution in [2.45, 2.75) is 26.7 Å². The fourth-order valence-electron chi connectivity index (χ4n) is 3.14. The molecule has 0 aliphatic heterocycles. The summed E-state index contributed by atoms with van der Waals surface area (Å²) in [5, 5.41) is 3.53. The van der Waals surface area contributed by atoms with Crippen molar-refractivity contribution >= 4 is 28.5 Å². The third-order valence-corrected chi connectivity index (χ3v) is 4.80. The fourth-order valence-corrected chi connectivity index (χ4v) is 3.14. The van der Waals surface area contributed by atoms with Crippen molar-refractivity contribution in [3.63, 3.8) is 0 Å². The molecule has 3 N–H and O–H groups in total. The van der Waals surface area contributed by atoms with Crippen molar-refractivity contribution < 1.29 is 18.7 Å². The Balaban J connectivity index is 1.71. The lowest BCUT2D eigenvalue weighted by atomic mass is 10.0. The molecule has 2 aromatic carbocycles. The van der Waals surface area contributed by atoms with Gasteiger partial charge in [0.05, 0.1) is 0 Å². The Labute approximate surface area is 179 Å². The summed E-state index contributed by atoms with van der Waals surface area (Å²) in [6, 6.07) is 11.6. The number of hydrogen-bond acceptors (Lipinski definition) is 5. The molecule has 160 valence electrons. The molecule has 0 fully saturated rings. The van der Waals surface area contributed by atoms with Crippen LogP contribution in [0.1, 0.15) is 34.8 Å². The van der Waals surface area contributed by atoms with E-state index in [9.17, 15) is 14.4 Å². The Morgan fingerprint density at radius 1 is 1.16 bits per heavy atom. The number of carbonyl (C=O) groups is 2. The van der Waals surface area contributed by atoms with E-state index < -0.39 is 11.5 Å². The van der Waals surface area contributed by atoms with Crippen LogP contribution in [0.5, 0.6) is 5.75 Å². The fraction of sp³-hybridized carbons (Fsp3) is 0.208. The molecule has 3 rings (SSSR count). The Morgan fingerprint density at radius 2 is 1.87 bits per heavy atom. The predicted octanol–water partition coefficient (Wildman–Crippen LogP) is 3.73. The molecule has 0 aliphatic carbocycles. The molecule has 0 saturated heterocycles. The van der Waals surface area contributed by atoms with Gasteiger partial charge < -0.3 is 20.2 Å². The van der Waals surface area contributed by atoms with E-state index in [-0.39, 0.29) is 18.7 Å². The maximum atomic E-state index is 12.5.